The molecule has 1 saturated heterocycles. The van der Waals surface area contributed by atoms with Gasteiger partial charge in [-0.1, -0.05) is 24.6 Å². The molecule has 0 amide bonds. The largest absolute Gasteiger partial charge is 0.461 e. The van der Waals surface area contributed by atoms with E-state index in [1.807, 2.05) is 0 Å². The second-order valence-electron chi connectivity index (χ2n) is 6.21. The van der Waals surface area contributed by atoms with Crippen molar-refractivity contribution in [3.8, 4) is 5.75 Å². The lowest BCUT2D eigenvalue weighted by atomic mass is 9.83. The highest BCUT2D eigenvalue weighted by atomic mass is 19.3. The van der Waals surface area contributed by atoms with Crippen LogP contribution < -0.4 is 4.74 Å². The van der Waals surface area contributed by atoms with E-state index in [1.54, 1.807) is 12.1 Å². The summed E-state index contributed by atoms with van der Waals surface area (Å²) >= 11 is 0. The van der Waals surface area contributed by atoms with Crippen molar-refractivity contribution >= 4 is 5.57 Å². The first-order valence-corrected chi connectivity index (χ1v) is 7.75. The Labute approximate surface area is 132 Å². The van der Waals surface area contributed by atoms with Crippen molar-refractivity contribution in [2.75, 3.05) is 7.05 Å². The number of nitrogens with zero attached hydrogens (tertiary/aromatic N) is 1. The Balaban J connectivity index is 1.83. The number of halogens is 4. The van der Waals surface area contributed by atoms with E-state index >= 15 is 0 Å². The highest BCUT2D eigenvalue weighted by Crippen LogP contribution is 2.37. The van der Waals surface area contributed by atoms with Crippen molar-refractivity contribution in [3.63, 3.8) is 0 Å². The van der Waals surface area contributed by atoms with Gasteiger partial charge in [0.15, 0.2) is 0 Å². The fraction of sp³-hybridized carbons (Fsp3) is 0.529. The number of hydrogen-bond donors (Lipinski definition) is 0. The Morgan fingerprint density at radius 2 is 2.04 bits per heavy atom. The molecule has 2 unspecified atom stereocenters. The minimum absolute atomic E-state index is 0.238. The minimum atomic E-state index is -4.48. The van der Waals surface area contributed by atoms with Gasteiger partial charge < -0.3 is 4.74 Å². The van der Waals surface area contributed by atoms with Gasteiger partial charge in [-0.05, 0) is 49.6 Å². The molecule has 6 heteroatoms. The number of fused-ring (bicyclic) bond motifs is 2. The van der Waals surface area contributed by atoms with E-state index in [0.29, 0.717) is 12.1 Å². The number of piperidine rings is 1. The molecule has 3 rings (SSSR count). The summed E-state index contributed by atoms with van der Waals surface area (Å²) < 4.78 is 54.8. The number of alkyl halides is 4. The van der Waals surface area contributed by atoms with Gasteiger partial charge >= 0.3 is 12.5 Å². The molecule has 0 saturated carbocycles. The smallest absolute Gasteiger partial charge is 0.428 e. The van der Waals surface area contributed by atoms with Gasteiger partial charge in [-0.25, -0.2) is 0 Å². The number of benzene rings is 1. The van der Waals surface area contributed by atoms with Crippen molar-refractivity contribution in [2.45, 2.75) is 50.3 Å². The third kappa shape index (κ3) is 3.37. The minimum Gasteiger partial charge on any atom is -0.428 e. The van der Waals surface area contributed by atoms with Crippen LogP contribution in [0.1, 0.15) is 31.2 Å². The lowest BCUT2D eigenvalue weighted by Gasteiger charge is -2.42. The van der Waals surface area contributed by atoms with Crippen LogP contribution in [0, 0.1) is 0 Å². The van der Waals surface area contributed by atoms with Gasteiger partial charge in [-0.15, -0.1) is 0 Å². The zero-order valence-corrected chi connectivity index (χ0v) is 12.8. The molecule has 0 radical (unpaired) electrons. The summed E-state index contributed by atoms with van der Waals surface area (Å²) in [5.41, 5.74) is 1.83. The van der Waals surface area contributed by atoms with E-state index in [2.05, 4.69) is 22.8 Å². The van der Waals surface area contributed by atoms with Gasteiger partial charge in [0.25, 0.3) is 0 Å². The standard InChI is InChI=1S/C17H19F4NO/c1-22-13-5-3-6-14(22)9-12(8-13)11-4-2-7-15(10-11)23-17(20,21)16(18)19/h2,4,7-8,10,13-14,16H,3,5-6,9H2,1H3. The van der Waals surface area contributed by atoms with Gasteiger partial charge in [0.2, 0.25) is 0 Å². The predicted octanol–water partition coefficient (Wildman–Crippen LogP) is 4.56. The molecule has 23 heavy (non-hydrogen) atoms. The van der Waals surface area contributed by atoms with Crippen LogP contribution in [0.3, 0.4) is 0 Å². The second kappa shape index (κ2) is 6.15. The van der Waals surface area contributed by atoms with Crippen LogP contribution in [0.2, 0.25) is 0 Å². The lowest BCUT2D eigenvalue weighted by molar-refractivity contribution is -0.253. The third-order valence-corrected chi connectivity index (χ3v) is 4.70. The van der Waals surface area contributed by atoms with Gasteiger partial charge in [0, 0.05) is 12.1 Å². The fourth-order valence-electron chi connectivity index (χ4n) is 3.42. The molecule has 2 nitrogen and oxygen atoms in total. The second-order valence-corrected chi connectivity index (χ2v) is 6.21. The molecule has 0 spiro atoms. The molecule has 1 fully saturated rings. The monoisotopic (exact) mass is 329 g/mol. The molecule has 0 aromatic heterocycles. The molecule has 0 N–H and O–H groups in total. The van der Waals surface area contributed by atoms with Crippen molar-refractivity contribution < 1.29 is 22.3 Å². The maximum atomic E-state index is 13.1. The number of ether oxygens (including phenoxy) is 1. The van der Waals surface area contributed by atoms with Crippen molar-refractivity contribution in [2.24, 2.45) is 0 Å². The molecule has 2 aliphatic rings. The van der Waals surface area contributed by atoms with E-state index in [0.717, 1.165) is 30.4 Å². The van der Waals surface area contributed by atoms with Crippen LogP contribution in [-0.2, 0) is 0 Å². The Kier molecular flexibility index (Phi) is 4.36. The molecule has 1 aromatic rings. The molecule has 2 aliphatic heterocycles. The quantitative estimate of drug-likeness (QED) is 0.751. The van der Waals surface area contributed by atoms with Crippen molar-refractivity contribution in [3.05, 3.63) is 35.9 Å². The van der Waals surface area contributed by atoms with Gasteiger partial charge in [0.1, 0.15) is 5.75 Å². The van der Waals surface area contributed by atoms with E-state index in [-0.39, 0.29) is 5.75 Å². The SMILES string of the molecule is CN1C2C=C(c3cccc(OC(F)(F)C(F)F)c3)CC1CCC2. The number of likely N-dealkylation sites (N-methyl/N-ethyl adjacent to an activating group) is 1. The highest BCUT2D eigenvalue weighted by Gasteiger charge is 2.44. The lowest BCUT2D eigenvalue weighted by Crippen LogP contribution is -2.45. The first-order chi connectivity index (χ1) is 10.9. The maximum Gasteiger partial charge on any atom is 0.461 e. The molecule has 1 aromatic carbocycles. The van der Waals surface area contributed by atoms with Gasteiger partial charge in [-0.3, -0.25) is 4.90 Å². The van der Waals surface area contributed by atoms with Crippen LogP contribution in [-0.4, -0.2) is 36.6 Å². The van der Waals surface area contributed by atoms with Crippen molar-refractivity contribution in [1.82, 2.24) is 4.90 Å². The van der Waals surface area contributed by atoms with E-state index in [4.69, 9.17) is 0 Å². The summed E-state index contributed by atoms with van der Waals surface area (Å²) in [7, 11) is 2.10. The Hall–Kier alpha value is -1.56. The Bertz CT molecular complexity index is 602. The summed E-state index contributed by atoms with van der Waals surface area (Å²) in [4.78, 5) is 2.35. The van der Waals surface area contributed by atoms with Crippen LogP contribution in [0.15, 0.2) is 30.3 Å². The number of hydrogen-bond acceptors (Lipinski definition) is 2. The summed E-state index contributed by atoms with van der Waals surface area (Å²) in [6.07, 6.45) is -1.96. The summed E-state index contributed by atoms with van der Waals surface area (Å²) in [6.45, 7) is 0. The zero-order valence-electron chi connectivity index (χ0n) is 12.8. The Morgan fingerprint density at radius 3 is 2.74 bits per heavy atom. The van der Waals surface area contributed by atoms with Gasteiger partial charge in [-0.2, -0.15) is 17.6 Å². The molecular formula is C17H19F4NO. The zero-order chi connectivity index (χ0) is 16.6. The average Bonchev–Trinajstić information content (AvgIpc) is 2.46. The van der Waals surface area contributed by atoms with E-state index in [9.17, 15) is 17.6 Å². The fourth-order valence-corrected chi connectivity index (χ4v) is 3.42. The molecule has 0 aliphatic carbocycles. The third-order valence-electron chi connectivity index (χ3n) is 4.70. The molecule has 2 bridgehead atoms. The van der Waals surface area contributed by atoms with Gasteiger partial charge in [0.05, 0.1) is 0 Å². The predicted molar refractivity (Wildman–Crippen MR) is 79.8 cm³/mol. The van der Waals surface area contributed by atoms with Crippen LogP contribution in [0.4, 0.5) is 17.6 Å². The van der Waals surface area contributed by atoms with Crippen LogP contribution in [0.5, 0.6) is 5.75 Å². The summed E-state index contributed by atoms with van der Waals surface area (Å²) in [5, 5.41) is 0. The number of rotatable bonds is 4. The first-order valence-electron chi connectivity index (χ1n) is 7.75. The molecular weight excluding hydrogens is 310 g/mol. The summed E-state index contributed by atoms with van der Waals surface area (Å²) in [5.74, 6) is -0.238. The van der Waals surface area contributed by atoms with E-state index < -0.39 is 12.5 Å². The summed E-state index contributed by atoms with van der Waals surface area (Å²) in [6, 6.07) is 6.85. The van der Waals surface area contributed by atoms with Crippen LogP contribution in [0.25, 0.3) is 5.57 Å². The Morgan fingerprint density at radius 1 is 1.26 bits per heavy atom. The first kappa shape index (κ1) is 16.3. The van der Waals surface area contributed by atoms with Crippen molar-refractivity contribution in [1.29, 1.82) is 0 Å². The molecule has 2 atom stereocenters. The topological polar surface area (TPSA) is 12.5 Å². The van der Waals surface area contributed by atoms with E-state index in [1.165, 1.54) is 18.6 Å². The highest BCUT2D eigenvalue weighted by molar-refractivity contribution is 5.68. The molecule has 2 heterocycles. The average molecular weight is 329 g/mol. The normalized spacial score (nSPS) is 25.4. The maximum absolute atomic E-state index is 13.1. The van der Waals surface area contributed by atoms with Crippen LogP contribution >= 0.6 is 0 Å². The molecule has 126 valence electrons.